The number of ether oxygens (including phenoxy) is 1. The fraction of sp³-hybridized carbons (Fsp3) is 0.455. The van der Waals surface area contributed by atoms with Crippen molar-refractivity contribution in [2.75, 3.05) is 0 Å². The molecule has 1 aromatic heterocycles. The maximum absolute atomic E-state index is 13.1. The molecule has 6 nitrogen and oxygen atoms in total. The van der Waals surface area contributed by atoms with Crippen LogP contribution in [0.2, 0.25) is 0 Å². The molecule has 2 atom stereocenters. The number of aromatic hydroxyl groups is 1. The summed E-state index contributed by atoms with van der Waals surface area (Å²) in [5.41, 5.74) is -0.223. The van der Waals surface area contributed by atoms with Crippen LogP contribution in [0, 0.1) is 5.92 Å². The van der Waals surface area contributed by atoms with Gasteiger partial charge in [0.1, 0.15) is 22.7 Å². The number of aliphatic hydroxyl groups excluding tert-OH is 1. The summed E-state index contributed by atoms with van der Waals surface area (Å²) in [6.07, 6.45) is 3.96. The summed E-state index contributed by atoms with van der Waals surface area (Å²) in [5.74, 6) is -1.18. The van der Waals surface area contributed by atoms with Crippen molar-refractivity contribution in [1.29, 1.82) is 0 Å². The Balaban J connectivity index is 2.47. The number of Topliss-reactive ketones (excluding diaryl/α,β-unsaturated/α-hetero) is 1. The number of carbonyl (C=O) groups is 1. The molecule has 0 aliphatic carbocycles. The van der Waals surface area contributed by atoms with Crippen LogP contribution in [0.4, 0.5) is 0 Å². The van der Waals surface area contributed by atoms with Crippen LogP contribution in [0.5, 0.6) is 11.5 Å². The highest BCUT2D eigenvalue weighted by Gasteiger charge is 2.34. The Hall–Kier alpha value is -2.60. The predicted molar refractivity (Wildman–Crippen MR) is 107 cm³/mol. The molecule has 2 N–H and O–H groups in total. The van der Waals surface area contributed by atoms with E-state index in [0.717, 1.165) is 6.42 Å². The number of ketones is 1. The molecule has 3 rings (SSSR count). The summed E-state index contributed by atoms with van der Waals surface area (Å²) in [5, 5.41) is 21.3. The number of hydrogen-bond acceptors (Lipinski definition) is 6. The Morgan fingerprint density at radius 2 is 1.96 bits per heavy atom. The van der Waals surface area contributed by atoms with Crippen molar-refractivity contribution in [2.45, 2.75) is 59.2 Å². The lowest BCUT2D eigenvalue weighted by molar-refractivity contribution is 0.0757. The molecule has 1 aliphatic rings. The zero-order valence-corrected chi connectivity index (χ0v) is 16.8. The highest BCUT2D eigenvalue weighted by atomic mass is 16.5. The number of aryl methyl sites for hydroxylation is 1. The Bertz CT molecular complexity index is 1030. The van der Waals surface area contributed by atoms with Crippen molar-refractivity contribution in [1.82, 2.24) is 0 Å². The Labute approximate surface area is 163 Å². The first-order chi connectivity index (χ1) is 13.1. The molecule has 0 fully saturated rings. The van der Waals surface area contributed by atoms with Crippen LogP contribution in [0.1, 0.15) is 62.5 Å². The van der Waals surface area contributed by atoms with Gasteiger partial charge in [-0.3, -0.25) is 4.79 Å². The van der Waals surface area contributed by atoms with E-state index in [-0.39, 0.29) is 16.9 Å². The van der Waals surface area contributed by atoms with E-state index in [1.54, 1.807) is 19.1 Å². The molecule has 0 unspecified atom stereocenters. The molecule has 6 heteroatoms. The van der Waals surface area contributed by atoms with Crippen LogP contribution >= 0.6 is 0 Å². The fourth-order valence-electron chi connectivity index (χ4n) is 3.43. The van der Waals surface area contributed by atoms with Crippen molar-refractivity contribution >= 4 is 22.8 Å². The van der Waals surface area contributed by atoms with Gasteiger partial charge in [-0.05, 0) is 44.9 Å². The van der Waals surface area contributed by atoms with Gasteiger partial charge in [-0.1, -0.05) is 20.3 Å². The highest BCUT2D eigenvalue weighted by Crippen LogP contribution is 2.46. The van der Waals surface area contributed by atoms with Crippen molar-refractivity contribution in [2.24, 2.45) is 5.92 Å². The maximum Gasteiger partial charge on any atom is 0.336 e. The zero-order valence-electron chi connectivity index (χ0n) is 16.8. The Morgan fingerprint density at radius 3 is 2.57 bits per heavy atom. The molecule has 0 spiro atoms. The first-order valence-corrected chi connectivity index (χ1v) is 9.53. The Morgan fingerprint density at radius 1 is 1.29 bits per heavy atom. The molecule has 0 saturated carbocycles. The second-order valence-electron chi connectivity index (χ2n) is 7.94. The standard InChI is InChI=1S/C22H26O6/c1-6-7-13-10-15(24)27-21-16(13)20-14(8-9-22(4,5)28-20)19(26)17(21)18(25)11(2)12(3)23/h8-12,23,26H,6-7H2,1-5H3/t11-,12+/m0/s1. The van der Waals surface area contributed by atoms with Gasteiger partial charge in [-0.15, -0.1) is 0 Å². The van der Waals surface area contributed by atoms with Gasteiger partial charge in [-0.25, -0.2) is 4.79 Å². The largest absolute Gasteiger partial charge is 0.506 e. The Kier molecular flexibility index (Phi) is 5.10. The minimum Gasteiger partial charge on any atom is -0.506 e. The SMILES string of the molecule is CCCc1cc(=O)oc2c(C(=O)[C@@H](C)[C@@H](C)O)c(O)c3c(c12)OC(C)(C)C=C3. The monoisotopic (exact) mass is 386 g/mol. The average Bonchev–Trinajstić information content (AvgIpc) is 2.59. The van der Waals surface area contributed by atoms with E-state index >= 15 is 0 Å². The smallest absolute Gasteiger partial charge is 0.336 e. The van der Waals surface area contributed by atoms with E-state index in [1.165, 1.54) is 13.0 Å². The lowest BCUT2D eigenvalue weighted by Gasteiger charge is -2.30. The molecule has 2 heterocycles. The summed E-state index contributed by atoms with van der Waals surface area (Å²) in [6, 6.07) is 1.41. The maximum atomic E-state index is 13.1. The quantitative estimate of drug-likeness (QED) is 0.599. The topological polar surface area (TPSA) is 97.0 Å². The van der Waals surface area contributed by atoms with E-state index in [4.69, 9.17) is 9.15 Å². The van der Waals surface area contributed by atoms with Crippen molar-refractivity contribution in [3.63, 3.8) is 0 Å². The van der Waals surface area contributed by atoms with Gasteiger partial charge in [-0.2, -0.15) is 0 Å². The third-order valence-electron chi connectivity index (χ3n) is 5.15. The van der Waals surface area contributed by atoms with Crippen LogP contribution in [0.15, 0.2) is 21.4 Å². The summed E-state index contributed by atoms with van der Waals surface area (Å²) in [7, 11) is 0. The van der Waals surface area contributed by atoms with Gasteiger partial charge < -0.3 is 19.4 Å². The first-order valence-electron chi connectivity index (χ1n) is 9.53. The molecule has 150 valence electrons. The number of hydrogen-bond donors (Lipinski definition) is 2. The molecular formula is C22H26O6. The van der Waals surface area contributed by atoms with Crippen LogP contribution in [0.3, 0.4) is 0 Å². The molecule has 28 heavy (non-hydrogen) atoms. The van der Waals surface area contributed by atoms with Crippen LogP contribution in [0.25, 0.3) is 17.0 Å². The van der Waals surface area contributed by atoms with Crippen LogP contribution in [-0.4, -0.2) is 27.7 Å². The summed E-state index contributed by atoms with van der Waals surface area (Å²) < 4.78 is 11.5. The second-order valence-corrected chi connectivity index (χ2v) is 7.94. The number of aliphatic hydroxyl groups is 1. The number of phenols is 1. The summed E-state index contributed by atoms with van der Waals surface area (Å²) in [4.78, 5) is 25.3. The van der Waals surface area contributed by atoms with Gasteiger partial charge >= 0.3 is 5.63 Å². The van der Waals surface area contributed by atoms with Gasteiger partial charge in [0, 0.05) is 12.0 Å². The number of fused-ring (bicyclic) bond motifs is 3. The van der Waals surface area contributed by atoms with Gasteiger partial charge in [0.2, 0.25) is 0 Å². The highest BCUT2D eigenvalue weighted by molar-refractivity contribution is 6.13. The zero-order chi connectivity index (χ0) is 20.8. The molecule has 2 aromatic rings. The van der Waals surface area contributed by atoms with E-state index < -0.39 is 29.0 Å². The van der Waals surface area contributed by atoms with Crippen molar-refractivity contribution < 1.29 is 24.2 Å². The molecule has 0 bridgehead atoms. The lowest BCUT2D eigenvalue weighted by Crippen LogP contribution is -2.29. The minimum atomic E-state index is -0.922. The number of carbonyl (C=O) groups excluding carboxylic acids is 1. The fourth-order valence-corrected chi connectivity index (χ4v) is 3.43. The molecule has 0 radical (unpaired) electrons. The average molecular weight is 386 g/mol. The predicted octanol–water partition coefficient (Wildman–Crippen LogP) is 3.83. The van der Waals surface area contributed by atoms with Crippen molar-refractivity contribution in [3.8, 4) is 11.5 Å². The molecular weight excluding hydrogens is 360 g/mol. The summed E-state index contributed by atoms with van der Waals surface area (Å²) in [6.45, 7) is 8.82. The van der Waals surface area contributed by atoms with Crippen LogP contribution in [-0.2, 0) is 6.42 Å². The van der Waals surface area contributed by atoms with E-state index in [9.17, 15) is 19.8 Å². The second kappa shape index (κ2) is 7.09. The van der Waals surface area contributed by atoms with Crippen LogP contribution < -0.4 is 10.4 Å². The molecule has 1 aromatic carbocycles. The van der Waals surface area contributed by atoms with Gasteiger partial charge in [0.15, 0.2) is 11.4 Å². The van der Waals surface area contributed by atoms with Gasteiger partial charge in [0.25, 0.3) is 0 Å². The third kappa shape index (κ3) is 3.33. The van der Waals surface area contributed by atoms with Gasteiger partial charge in [0.05, 0.1) is 17.1 Å². The molecule has 0 amide bonds. The number of rotatable bonds is 5. The molecule has 1 aliphatic heterocycles. The van der Waals surface area contributed by atoms with E-state index in [2.05, 4.69) is 0 Å². The normalized spacial score (nSPS) is 17.1. The minimum absolute atomic E-state index is 0.01000. The third-order valence-corrected chi connectivity index (χ3v) is 5.15. The number of benzene rings is 1. The molecule has 0 saturated heterocycles. The van der Waals surface area contributed by atoms with Crippen molar-refractivity contribution in [3.05, 3.63) is 39.3 Å². The van der Waals surface area contributed by atoms with E-state index in [0.29, 0.717) is 28.7 Å². The number of phenolic OH excluding ortho intramolecular Hbond substituents is 1. The lowest BCUT2D eigenvalue weighted by atomic mass is 9.88. The van der Waals surface area contributed by atoms with E-state index in [1.807, 2.05) is 20.8 Å². The summed E-state index contributed by atoms with van der Waals surface area (Å²) >= 11 is 0. The first kappa shape index (κ1) is 20.1.